The number of hydrazone groups is 1. The Morgan fingerprint density at radius 3 is 2.69 bits per heavy atom. The Labute approximate surface area is 185 Å². The standard InChI is InChI=1S/C22H27N5O5/c1-15-20-18(25-24-16-5-7-17(8-6-16)27(29)30)3-2-4-19(20)32-21(15)22(28)23-9-10-26-11-13-31-14-12-26/h5-8,24H,2-4,9-14H2,1H3,(H,23,28)/b25-18+. The number of aryl methyl sites for hydroxylation is 1. The van der Waals surface area contributed by atoms with Crippen LogP contribution in [0.25, 0.3) is 0 Å². The van der Waals surface area contributed by atoms with Crippen molar-refractivity contribution in [2.75, 3.05) is 44.8 Å². The van der Waals surface area contributed by atoms with Crippen molar-refractivity contribution in [1.29, 1.82) is 0 Å². The van der Waals surface area contributed by atoms with Gasteiger partial charge in [0.2, 0.25) is 0 Å². The minimum absolute atomic E-state index is 0.0260. The van der Waals surface area contributed by atoms with Gasteiger partial charge in [-0.3, -0.25) is 25.2 Å². The van der Waals surface area contributed by atoms with Crippen molar-refractivity contribution >= 4 is 23.0 Å². The number of carbonyl (C=O) groups excluding carboxylic acids is 1. The number of ether oxygens (including phenoxy) is 1. The molecule has 1 fully saturated rings. The Bertz CT molecular complexity index is 1010. The summed E-state index contributed by atoms with van der Waals surface area (Å²) in [6.07, 6.45) is 2.39. The second kappa shape index (κ2) is 9.92. The van der Waals surface area contributed by atoms with Gasteiger partial charge in [0.05, 0.1) is 29.5 Å². The summed E-state index contributed by atoms with van der Waals surface area (Å²) in [5.41, 5.74) is 6.12. The van der Waals surface area contributed by atoms with Gasteiger partial charge < -0.3 is 14.5 Å². The maximum atomic E-state index is 12.7. The van der Waals surface area contributed by atoms with Crippen LogP contribution in [-0.2, 0) is 11.2 Å². The highest BCUT2D eigenvalue weighted by molar-refractivity contribution is 6.06. The lowest BCUT2D eigenvalue weighted by Crippen LogP contribution is -2.41. The van der Waals surface area contributed by atoms with Gasteiger partial charge in [0.15, 0.2) is 5.76 Å². The maximum Gasteiger partial charge on any atom is 0.287 e. The van der Waals surface area contributed by atoms with Crippen molar-refractivity contribution in [2.24, 2.45) is 5.10 Å². The van der Waals surface area contributed by atoms with Crippen molar-refractivity contribution in [2.45, 2.75) is 26.2 Å². The van der Waals surface area contributed by atoms with Gasteiger partial charge >= 0.3 is 0 Å². The largest absolute Gasteiger partial charge is 0.455 e. The second-order valence-electron chi connectivity index (χ2n) is 7.89. The number of furan rings is 1. The summed E-state index contributed by atoms with van der Waals surface area (Å²) in [4.78, 5) is 25.4. The fraction of sp³-hybridized carbons (Fsp3) is 0.455. The van der Waals surface area contributed by atoms with Gasteiger partial charge in [-0.2, -0.15) is 5.10 Å². The topological polar surface area (TPSA) is 122 Å². The Hall–Kier alpha value is -3.24. The number of carbonyl (C=O) groups is 1. The molecule has 0 unspecified atom stereocenters. The van der Waals surface area contributed by atoms with Crippen LogP contribution >= 0.6 is 0 Å². The number of benzene rings is 1. The minimum Gasteiger partial charge on any atom is -0.455 e. The number of hydrogen-bond acceptors (Lipinski definition) is 8. The molecule has 0 atom stereocenters. The Morgan fingerprint density at radius 1 is 1.22 bits per heavy atom. The van der Waals surface area contributed by atoms with Crippen LogP contribution < -0.4 is 10.7 Å². The summed E-state index contributed by atoms with van der Waals surface area (Å²) in [5, 5.41) is 18.3. The van der Waals surface area contributed by atoms with Crippen LogP contribution in [0, 0.1) is 17.0 Å². The molecule has 2 N–H and O–H groups in total. The van der Waals surface area contributed by atoms with Gasteiger partial charge in [-0.15, -0.1) is 0 Å². The van der Waals surface area contributed by atoms with Crippen LogP contribution in [0.3, 0.4) is 0 Å². The number of hydrogen-bond donors (Lipinski definition) is 2. The number of nitro benzene ring substituents is 1. The third-order valence-corrected chi connectivity index (χ3v) is 5.75. The minimum atomic E-state index is -0.439. The van der Waals surface area contributed by atoms with E-state index in [4.69, 9.17) is 9.15 Å². The van der Waals surface area contributed by atoms with Crippen molar-refractivity contribution in [3.8, 4) is 0 Å². The van der Waals surface area contributed by atoms with Gasteiger partial charge in [0, 0.05) is 55.9 Å². The SMILES string of the molecule is Cc1c(C(=O)NCCN2CCOCC2)oc2c1/C(=N/Nc1ccc([N+](=O)[O-])cc1)CCC2. The predicted molar refractivity (Wildman–Crippen MR) is 119 cm³/mol. The summed E-state index contributed by atoms with van der Waals surface area (Å²) < 4.78 is 11.3. The summed E-state index contributed by atoms with van der Waals surface area (Å²) >= 11 is 0. The molecule has 0 saturated carbocycles. The number of non-ortho nitro benzene ring substituents is 1. The first kappa shape index (κ1) is 22.0. The van der Waals surface area contributed by atoms with E-state index in [2.05, 4.69) is 20.7 Å². The second-order valence-corrected chi connectivity index (χ2v) is 7.89. The Balaban J connectivity index is 1.42. The summed E-state index contributed by atoms with van der Waals surface area (Å²) in [6.45, 7) is 6.43. The predicted octanol–water partition coefficient (Wildman–Crippen LogP) is 2.71. The molecule has 1 aromatic heterocycles. The number of fused-ring (bicyclic) bond motifs is 1. The van der Waals surface area contributed by atoms with Crippen molar-refractivity contribution in [1.82, 2.24) is 10.2 Å². The van der Waals surface area contributed by atoms with Crippen LogP contribution in [0.4, 0.5) is 11.4 Å². The average Bonchev–Trinajstić information content (AvgIpc) is 3.16. The zero-order chi connectivity index (χ0) is 22.5. The van der Waals surface area contributed by atoms with Crippen LogP contribution in [0.15, 0.2) is 33.8 Å². The molecule has 2 aliphatic rings. The van der Waals surface area contributed by atoms with E-state index in [1.54, 1.807) is 12.1 Å². The molecule has 10 heteroatoms. The molecule has 0 spiro atoms. The van der Waals surface area contributed by atoms with Crippen molar-refractivity contribution in [3.05, 3.63) is 57.0 Å². The number of nitrogens with zero attached hydrogens (tertiary/aromatic N) is 3. The van der Waals surface area contributed by atoms with Crippen LogP contribution in [0.5, 0.6) is 0 Å². The van der Waals surface area contributed by atoms with Crippen LogP contribution in [0.2, 0.25) is 0 Å². The zero-order valence-electron chi connectivity index (χ0n) is 18.1. The molecule has 1 saturated heterocycles. The third-order valence-electron chi connectivity index (χ3n) is 5.75. The van der Waals surface area contributed by atoms with E-state index in [0.29, 0.717) is 18.0 Å². The molecule has 170 valence electrons. The van der Waals surface area contributed by atoms with E-state index in [0.717, 1.165) is 74.7 Å². The number of rotatable bonds is 7. The monoisotopic (exact) mass is 441 g/mol. The van der Waals surface area contributed by atoms with Gasteiger partial charge in [-0.1, -0.05) is 0 Å². The van der Waals surface area contributed by atoms with Gasteiger partial charge in [-0.05, 0) is 31.9 Å². The molecule has 2 heterocycles. The van der Waals surface area contributed by atoms with Gasteiger partial charge in [-0.25, -0.2) is 0 Å². The first-order valence-electron chi connectivity index (χ1n) is 10.8. The first-order chi connectivity index (χ1) is 15.5. The number of amides is 1. The van der Waals surface area contributed by atoms with Crippen LogP contribution in [0.1, 0.15) is 40.3 Å². The number of nitrogens with one attached hydrogen (secondary N) is 2. The molecule has 1 aliphatic heterocycles. The lowest BCUT2D eigenvalue weighted by molar-refractivity contribution is -0.384. The van der Waals surface area contributed by atoms with E-state index in [1.807, 2.05) is 6.92 Å². The fourth-order valence-corrected chi connectivity index (χ4v) is 4.02. The van der Waals surface area contributed by atoms with Crippen molar-refractivity contribution in [3.63, 3.8) is 0 Å². The van der Waals surface area contributed by atoms with Gasteiger partial charge in [0.1, 0.15) is 5.76 Å². The molecule has 32 heavy (non-hydrogen) atoms. The lowest BCUT2D eigenvalue weighted by atomic mass is 9.93. The van der Waals surface area contributed by atoms with Crippen LogP contribution in [-0.4, -0.2) is 60.8 Å². The normalized spacial score (nSPS) is 17.7. The Morgan fingerprint density at radius 2 is 1.97 bits per heavy atom. The molecule has 0 radical (unpaired) electrons. The highest BCUT2D eigenvalue weighted by Gasteiger charge is 2.28. The highest BCUT2D eigenvalue weighted by atomic mass is 16.6. The molecular formula is C22H27N5O5. The molecular weight excluding hydrogens is 414 g/mol. The smallest absolute Gasteiger partial charge is 0.287 e. The first-order valence-corrected chi connectivity index (χ1v) is 10.8. The quantitative estimate of drug-likeness (QED) is 0.500. The van der Waals surface area contributed by atoms with Gasteiger partial charge in [0.25, 0.3) is 11.6 Å². The molecule has 2 aromatic rings. The molecule has 1 aliphatic carbocycles. The van der Waals surface area contributed by atoms with E-state index < -0.39 is 4.92 Å². The number of nitro groups is 1. The number of morpholine rings is 1. The Kier molecular flexibility index (Phi) is 6.81. The van der Waals surface area contributed by atoms with E-state index in [1.165, 1.54) is 12.1 Å². The molecule has 1 aromatic carbocycles. The summed E-state index contributed by atoms with van der Waals surface area (Å²) in [6, 6.07) is 6.08. The van der Waals surface area contributed by atoms with E-state index in [-0.39, 0.29) is 11.6 Å². The maximum absolute atomic E-state index is 12.7. The summed E-state index contributed by atoms with van der Waals surface area (Å²) in [5.74, 6) is 0.895. The highest BCUT2D eigenvalue weighted by Crippen LogP contribution is 2.30. The average molecular weight is 441 g/mol. The van der Waals surface area contributed by atoms with E-state index >= 15 is 0 Å². The lowest BCUT2D eigenvalue weighted by Gasteiger charge is -2.26. The van der Waals surface area contributed by atoms with E-state index in [9.17, 15) is 14.9 Å². The molecule has 0 bridgehead atoms. The van der Waals surface area contributed by atoms with Crippen molar-refractivity contribution < 1.29 is 18.9 Å². The zero-order valence-corrected chi connectivity index (χ0v) is 18.1. The fourth-order valence-electron chi connectivity index (χ4n) is 4.02. The third kappa shape index (κ3) is 4.97. The summed E-state index contributed by atoms with van der Waals surface area (Å²) in [7, 11) is 0. The molecule has 1 amide bonds. The molecule has 4 rings (SSSR count). The molecule has 10 nitrogen and oxygen atoms in total. The number of anilines is 1.